The van der Waals surface area contributed by atoms with Gasteiger partial charge in [0.2, 0.25) is 0 Å². The fourth-order valence-corrected chi connectivity index (χ4v) is 2.58. The number of unbranched alkanes of at least 4 members (excludes halogenated alkanes) is 1. The highest BCUT2D eigenvalue weighted by atomic mass is 15.2. The van der Waals surface area contributed by atoms with Gasteiger partial charge in [0.1, 0.15) is 0 Å². The topological polar surface area (TPSA) is 28.2 Å². The number of nitrogens with zero attached hydrogens (tertiary/aromatic N) is 2. The highest BCUT2D eigenvalue weighted by molar-refractivity contribution is 5.46. The minimum absolute atomic E-state index is 0.662. The second kappa shape index (κ2) is 6.74. The lowest BCUT2D eigenvalue weighted by Gasteiger charge is -2.28. The first-order valence-corrected chi connectivity index (χ1v) is 7.20. The largest absolute Gasteiger partial charge is 0.370 e. The maximum atomic E-state index is 4.29. The van der Waals surface area contributed by atoms with Crippen molar-refractivity contribution in [2.45, 2.75) is 45.6 Å². The van der Waals surface area contributed by atoms with E-state index in [-0.39, 0.29) is 0 Å². The van der Waals surface area contributed by atoms with Crippen molar-refractivity contribution in [2.75, 3.05) is 24.5 Å². The van der Waals surface area contributed by atoms with Gasteiger partial charge in [0.15, 0.2) is 0 Å². The lowest BCUT2D eigenvalue weighted by molar-refractivity contribution is 0.572. The quantitative estimate of drug-likeness (QED) is 0.838. The Bertz CT molecular complexity index is 359. The lowest BCUT2D eigenvalue weighted by Crippen LogP contribution is -2.38. The van der Waals surface area contributed by atoms with E-state index < -0.39 is 0 Å². The van der Waals surface area contributed by atoms with Gasteiger partial charge < -0.3 is 10.2 Å². The van der Waals surface area contributed by atoms with Crippen LogP contribution in [0.15, 0.2) is 18.3 Å². The molecular weight excluding hydrogens is 222 g/mol. The molecular formula is C15H25N3. The molecule has 1 aromatic rings. The van der Waals surface area contributed by atoms with Crippen LogP contribution in [0, 0.1) is 6.92 Å². The van der Waals surface area contributed by atoms with E-state index in [0.29, 0.717) is 6.04 Å². The minimum Gasteiger partial charge on any atom is -0.370 e. The average Bonchev–Trinajstić information content (AvgIpc) is 2.87. The third-order valence-corrected chi connectivity index (χ3v) is 3.63. The second-order valence-electron chi connectivity index (χ2n) is 5.25. The van der Waals surface area contributed by atoms with Crippen molar-refractivity contribution in [1.82, 2.24) is 10.3 Å². The van der Waals surface area contributed by atoms with Gasteiger partial charge in [-0.25, -0.2) is 0 Å². The van der Waals surface area contributed by atoms with Gasteiger partial charge in [-0.2, -0.15) is 0 Å². The third kappa shape index (κ3) is 3.70. The molecule has 1 aliphatic rings. The molecule has 18 heavy (non-hydrogen) atoms. The maximum absolute atomic E-state index is 4.29. The summed E-state index contributed by atoms with van der Waals surface area (Å²) in [6.07, 6.45) is 7.06. The van der Waals surface area contributed by atoms with Crippen LogP contribution in [-0.2, 0) is 0 Å². The zero-order chi connectivity index (χ0) is 12.8. The Balaban J connectivity index is 2.03. The number of rotatable bonds is 6. The molecule has 1 fully saturated rings. The summed E-state index contributed by atoms with van der Waals surface area (Å²) in [6.45, 7) is 7.78. The molecule has 1 aliphatic heterocycles. The summed E-state index contributed by atoms with van der Waals surface area (Å²) in [5.41, 5.74) is 2.43. The number of pyridine rings is 1. The average molecular weight is 247 g/mol. The van der Waals surface area contributed by atoms with E-state index in [1.54, 1.807) is 0 Å². The molecule has 1 N–H and O–H groups in total. The van der Waals surface area contributed by atoms with E-state index in [1.807, 2.05) is 6.20 Å². The molecule has 1 aromatic heterocycles. The zero-order valence-corrected chi connectivity index (χ0v) is 11.7. The van der Waals surface area contributed by atoms with Gasteiger partial charge in [0.05, 0.1) is 0 Å². The minimum atomic E-state index is 0.662. The van der Waals surface area contributed by atoms with E-state index in [1.165, 1.54) is 37.9 Å². The third-order valence-electron chi connectivity index (χ3n) is 3.63. The molecule has 100 valence electrons. The summed E-state index contributed by atoms with van der Waals surface area (Å²) < 4.78 is 0. The molecule has 2 rings (SSSR count). The first kappa shape index (κ1) is 13.3. The van der Waals surface area contributed by atoms with E-state index in [4.69, 9.17) is 0 Å². The summed E-state index contributed by atoms with van der Waals surface area (Å²) >= 11 is 0. The summed E-state index contributed by atoms with van der Waals surface area (Å²) in [5, 5.41) is 3.59. The van der Waals surface area contributed by atoms with Crippen molar-refractivity contribution in [2.24, 2.45) is 0 Å². The van der Waals surface area contributed by atoms with Gasteiger partial charge in [0.25, 0.3) is 0 Å². The van der Waals surface area contributed by atoms with Gasteiger partial charge in [-0.05, 0) is 44.9 Å². The smallest absolute Gasteiger partial charge is 0.0400 e. The first-order valence-electron chi connectivity index (χ1n) is 7.20. The fraction of sp³-hybridized carbons (Fsp3) is 0.667. The summed E-state index contributed by atoms with van der Waals surface area (Å²) in [5.74, 6) is 0. The summed E-state index contributed by atoms with van der Waals surface area (Å²) in [4.78, 5) is 6.81. The van der Waals surface area contributed by atoms with E-state index in [0.717, 1.165) is 18.8 Å². The maximum Gasteiger partial charge on any atom is 0.0400 e. The molecule has 0 bridgehead atoms. The van der Waals surface area contributed by atoms with E-state index in [2.05, 4.69) is 41.2 Å². The SMILES string of the molecule is CCCCN(CC1CCCN1)c1ccnc(C)c1. The Morgan fingerprint density at radius 2 is 2.39 bits per heavy atom. The summed E-state index contributed by atoms with van der Waals surface area (Å²) in [7, 11) is 0. The van der Waals surface area contributed by atoms with Crippen molar-refractivity contribution in [3.8, 4) is 0 Å². The van der Waals surface area contributed by atoms with Gasteiger partial charge >= 0.3 is 0 Å². The van der Waals surface area contributed by atoms with Crippen LogP contribution in [0.2, 0.25) is 0 Å². The van der Waals surface area contributed by atoms with Crippen LogP contribution in [0.3, 0.4) is 0 Å². The molecule has 0 amide bonds. The van der Waals surface area contributed by atoms with Gasteiger partial charge in [-0.3, -0.25) is 4.98 Å². The normalized spacial score (nSPS) is 19.1. The number of hydrogen-bond donors (Lipinski definition) is 1. The van der Waals surface area contributed by atoms with Crippen LogP contribution in [0.5, 0.6) is 0 Å². The molecule has 3 heteroatoms. The van der Waals surface area contributed by atoms with Crippen molar-refractivity contribution in [3.05, 3.63) is 24.0 Å². The molecule has 2 heterocycles. The molecule has 0 spiro atoms. The van der Waals surface area contributed by atoms with Crippen LogP contribution < -0.4 is 10.2 Å². The fourth-order valence-electron chi connectivity index (χ4n) is 2.58. The van der Waals surface area contributed by atoms with Crippen LogP contribution in [0.25, 0.3) is 0 Å². The standard InChI is InChI=1S/C15H25N3/c1-3-4-10-18(12-14-6-5-8-17-14)15-7-9-16-13(2)11-15/h7,9,11,14,17H,3-6,8,10,12H2,1-2H3. The molecule has 1 saturated heterocycles. The number of aryl methyl sites for hydroxylation is 1. The Kier molecular flexibility index (Phi) is 5.00. The predicted octanol–water partition coefficient (Wildman–Crippen LogP) is 2.75. The van der Waals surface area contributed by atoms with Crippen molar-refractivity contribution >= 4 is 5.69 Å². The van der Waals surface area contributed by atoms with Gasteiger partial charge in [-0.1, -0.05) is 13.3 Å². The highest BCUT2D eigenvalue weighted by Gasteiger charge is 2.18. The number of anilines is 1. The summed E-state index contributed by atoms with van der Waals surface area (Å²) in [6, 6.07) is 5.00. The van der Waals surface area contributed by atoms with Crippen molar-refractivity contribution in [3.63, 3.8) is 0 Å². The number of nitrogens with one attached hydrogen (secondary N) is 1. The van der Waals surface area contributed by atoms with E-state index in [9.17, 15) is 0 Å². The Labute approximate surface area is 111 Å². The number of hydrogen-bond acceptors (Lipinski definition) is 3. The Morgan fingerprint density at radius 1 is 1.50 bits per heavy atom. The van der Waals surface area contributed by atoms with Crippen LogP contribution in [0.1, 0.15) is 38.3 Å². The van der Waals surface area contributed by atoms with Gasteiger partial charge in [-0.15, -0.1) is 0 Å². The highest BCUT2D eigenvalue weighted by Crippen LogP contribution is 2.17. The van der Waals surface area contributed by atoms with Crippen LogP contribution in [0.4, 0.5) is 5.69 Å². The predicted molar refractivity (Wildman–Crippen MR) is 77.1 cm³/mol. The molecule has 0 aromatic carbocycles. The Hall–Kier alpha value is -1.09. The van der Waals surface area contributed by atoms with Crippen LogP contribution in [-0.4, -0.2) is 30.7 Å². The molecule has 0 aliphatic carbocycles. The molecule has 1 unspecified atom stereocenters. The van der Waals surface area contributed by atoms with E-state index >= 15 is 0 Å². The first-order chi connectivity index (χ1) is 8.79. The van der Waals surface area contributed by atoms with Crippen molar-refractivity contribution in [1.29, 1.82) is 0 Å². The monoisotopic (exact) mass is 247 g/mol. The second-order valence-corrected chi connectivity index (χ2v) is 5.25. The lowest BCUT2D eigenvalue weighted by atomic mass is 10.2. The molecule has 0 saturated carbocycles. The van der Waals surface area contributed by atoms with Gasteiger partial charge in [0, 0.05) is 36.7 Å². The molecule has 0 radical (unpaired) electrons. The molecule has 3 nitrogen and oxygen atoms in total. The number of aromatic nitrogens is 1. The van der Waals surface area contributed by atoms with Crippen molar-refractivity contribution < 1.29 is 0 Å². The Morgan fingerprint density at radius 3 is 3.06 bits per heavy atom. The molecule has 1 atom stereocenters. The zero-order valence-electron chi connectivity index (χ0n) is 11.7. The van der Waals surface area contributed by atoms with Crippen LogP contribution >= 0.6 is 0 Å².